The van der Waals surface area contributed by atoms with E-state index in [4.69, 9.17) is 4.98 Å². The monoisotopic (exact) mass is 368 g/mol. The maximum absolute atomic E-state index is 13.2. The van der Waals surface area contributed by atoms with E-state index in [-0.39, 0.29) is 23.8 Å². The number of carbonyl (C=O) groups excluding carboxylic acids is 2. The molecule has 2 amide bonds. The molecule has 2 aliphatic rings. The smallest absolute Gasteiger partial charge is 0.228 e. The molecule has 2 atom stereocenters. The summed E-state index contributed by atoms with van der Waals surface area (Å²) in [5, 5.41) is 0. The first-order valence-electron chi connectivity index (χ1n) is 9.95. The van der Waals surface area contributed by atoms with E-state index in [1.807, 2.05) is 35.0 Å². The first-order valence-corrected chi connectivity index (χ1v) is 9.95. The minimum absolute atomic E-state index is 0.00384. The predicted molar refractivity (Wildman–Crippen MR) is 104 cm³/mol. The average molecular weight is 368 g/mol. The fourth-order valence-corrected chi connectivity index (χ4v) is 4.55. The molecule has 0 bridgehead atoms. The van der Waals surface area contributed by atoms with Gasteiger partial charge < -0.3 is 14.4 Å². The van der Waals surface area contributed by atoms with E-state index in [9.17, 15) is 9.59 Å². The predicted octanol–water partition coefficient (Wildman–Crippen LogP) is 2.74. The lowest BCUT2D eigenvalue weighted by Gasteiger charge is -2.27. The van der Waals surface area contributed by atoms with Crippen LogP contribution in [0, 0.1) is 11.8 Å². The second-order valence-electron chi connectivity index (χ2n) is 8.30. The second kappa shape index (κ2) is 6.98. The Kier molecular flexibility index (Phi) is 4.66. The van der Waals surface area contributed by atoms with Gasteiger partial charge in [-0.25, -0.2) is 4.98 Å². The molecule has 1 aromatic carbocycles. The highest BCUT2D eigenvalue weighted by atomic mass is 16.2. The van der Waals surface area contributed by atoms with Crippen molar-refractivity contribution < 1.29 is 9.59 Å². The summed E-state index contributed by atoms with van der Waals surface area (Å²) in [6.07, 6.45) is 2.26. The fourth-order valence-electron chi connectivity index (χ4n) is 4.55. The van der Waals surface area contributed by atoms with Crippen LogP contribution in [0.15, 0.2) is 24.3 Å². The topological polar surface area (TPSA) is 58.4 Å². The number of benzene rings is 1. The van der Waals surface area contributed by atoms with Gasteiger partial charge in [0.05, 0.1) is 23.0 Å². The number of carbonyl (C=O) groups is 2. The molecule has 2 saturated heterocycles. The molecule has 27 heavy (non-hydrogen) atoms. The third-order valence-electron chi connectivity index (χ3n) is 5.80. The highest BCUT2D eigenvalue weighted by Gasteiger charge is 2.41. The Morgan fingerprint density at radius 3 is 2.81 bits per heavy atom. The van der Waals surface area contributed by atoms with E-state index in [0.29, 0.717) is 18.9 Å². The van der Waals surface area contributed by atoms with Gasteiger partial charge in [-0.05, 0) is 30.9 Å². The Bertz CT molecular complexity index is 872. The summed E-state index contributed by atoms with van der Waals surface area (Å²) in [4.78, 5) is 34.2. The standard InChI is InChI=1S/C21H28N4O2/c1-14(2)12-24-13-15(11-19(24)26)21(27)25-10-6-9-18(25)20-22-16-7-4-5-8-17(16)23(20)3/h4-5,7-8,14-15,18H,6,9-13H2,1-3H3/t15-,18-/m0/s1. The molecule has 2 fully saturated rings. The summed E-state index contributed by atoms with van der Waals surface area (Å²) in [5.41, 5.74) is 2.06. The lowest BCUT2D eigenvalue weighted by Crippen LogP contribution is -2.38. The van der Waals surface area contributed by atoms with Crippen LogP contribution in [0.3, 0.4) is 0 Å². The van der Waals surface area contributed by atoms with Gasteiger partial charge in [-0.3, -0.25) is 9.59 Å². The molecule has 0 spiro atoms. The van der Waals surface area contributed by atoms with Crippen LogP contribution in [0.4, 0.5) is 0 Å². The van der Waals surface area contributed by atoms with Crippen LogP contribution in [0.2, 0.25) is 0 Å². The molecule has 4 rings (SSSR count). The van der Waals surface area contributed by atoms with E-state index in [1.54, 1.807) is 0 Å². The van der Waals surface area contributed by atoms with E-state index in [0.717, 1.165) is 42.8 Å². The number of aromatic nitrogens is 2. The van der Waals surface area contributed by atoms with Gasteiger partial charge in [-0.15, -0.1) is 0 Å². The van der Waals surface area contributed by atoms with Crippen molar-refractivity contribution in [3.8, 4) is 0 Å². The highest BCUT2D eigenvalue weighted by Crippen LogP contribution is 2.35. The zero-order valence-electron chi connectivity index (χ0n) is 16.4. The van der Waals surface area contributed by atoms with Crippen LogP contribution in [0.5, 0.6) is 0 Å². The minimum atomic E-state index is -0.216. The molecule has 0 N–H and O–H groups in total. The lowest BCUT2D eigenvalue weighted by molar-refractivity contribution is -0.136. The molecule has 6 nitrogen and oxygen atoms in total. The molecule has 3 heterocycles. The molecule has 0 unspecified atom stereocenters. The number of rotatable bonds is 4. The van der Waals surface area contributed by atoms with E-state index in [1.165, 1.54) is 0 Å². The molecule has 144 valence electrons. The van der Waals surface area contributed by atoms with Crippen molar-refractivity contribution in [2.75, 3.05) is 19.6 Å². The van der Waals surface area contributed by atoms with Crippen molar-refractivity contribution in [2.45, 2.75) is 39.2 Å². The molecule has 2 aliphatic heterocycles. The summed E-state index contributed by atoms with van der Waals surface area (Å²) in [6.45, 7) is 6.25. The summed E-state index contributed by atoms with van der Waals surface area (Å²) in [6, 6.07) is 8.08. The molecule has 2 aromatic rings. The summed E-state index contributed by atoms with van der Waals surface area (Å²) < 4.78 is 2.11. The first kappa shape index (κ1) is 18.0. The van der Waals surface area contributed by atoms with Gasteiger partial charge in [0.2, 0.25) is 11.8 Å². The number of hydrogen-bond acceptors (Lipinski definition) is 3. The number of imidazole rings is 1. The number of hydrogen-bond donors (Lipinski definition) is 0. The van der Waals surface area contributed by atoms with Gasteiger partial charge in [-0.2, -0.15) is 0 Å². The third kappa shape index (κ3) is 3.22. The van der Waals surface area contributed by atoms with Crippen molar-refractivity contribution in [2.24, 2.45) is 18.9 Å². The summed E-state index contributed by atoms with van der Waals surface area (Å²) in [5.74, 6) is 1.38. The number of likely N-dealkylation sites (tertiary alicyclic amines) is 2. The molecular weight excluding hydrogens is 340 g/mol. The Hall–Kier alpha value is -2.37. The molecule has 1 aromatic heterocycles. The maximum atomic E-state index is 13.2. The fraction of sp³-hybridized carbons (Fsp3) is 0.571. The molecule has 0 aliphatic carbocycles. The summed E-state index contributed by atoms with van der Waals surface area (Å²) in [7, 11) is 2.02. The lowest BCUT2D eigenvalue weighted by atomic mass is 10.1. The van der Waals surface area contributed by atoms with Crippen LogP contribution < -0.4 is 0 Å². The number of para-hydroxylation sites is 2. The van der Waals surface area contributed by atoms with Crippen LogP contribution in [-0.2, 0) is 16.6 Å². The molecule has 0 saturated carbocycles. The highest BCUT2D eigenvalue weighted by molar-refractivity contribution is 5.89. The normalized spacial score (nSPS) is 23.2. The van der Waals surface area contributed by atoms with Gasteiger partial charge >= 0.3 is 0 Å². The Balaban J connectivity index is 1.55. The van der Waals surface area contributed by atoms with E-state index in [2.05, 4.69) is 24.5 Å². The first-order chi connectivity index (χ1) is 13.0. The second-order valence-corrected chi connectivity index (χ2v) is 8.30. The average Bonchev–Trinajstić information content (AvgIpc) is 3.33. The van der Waals surface area contributed by atoms with E-state index < -0.39 is 0 Å². The third-order valence-corrected chi connectivity index (χ3v) is 5.80. The van der Waals surface area contributed by atoms with Crippen LogP contribution >= 0.6 is 0 Å². The van der Waals surface area contributed by atoms with E-state index >= 15 is 0 Å². The Labute approximate surface area is 160 Å². The Morgan fingerprint density at radius 2 is 2.07 bits per heavy atom. The van der Waals surface area contributed by atoms with Gasteiger partial charge in [0, 0.05) is 33.1 Å². The molecular formula is C21H28N4O2. The van der Waals surface area contributed by atoms with Gasteiger partial charge in [0.15, 0.2) is 0 Å². The van der Waals surface area contributed by atoms with Crippen molar-refractivity contribution >= 4 is 22.8 Å². The Morgan fingerprint density at radius 1 is 1.30 bits per heavy atom. The summed E-state index contributed by atoms with van der Waals surface area (Å²) >= 11 is 0. The zero-order chi connectivity index (χ0) is 19.1. The minimum Gasteiger partial charge on any atom is -0.342 e. The van der Waals surface area contributed by atoms with Crippen LogP contribution in [-0.4, -0.2) is 50.8 Å². The zero-order valence-corrected chi connectivity index (χ0v) is 16.4. The maximum Gasteiger partial charge on any atom is 0.228 e. The van der Waals surface area contributed by atoms with Crippen LogP contribution in [0.1, 0.15) is 45.0 Å². The molecule has 0 radical (unpaired) electrons. The van der Waals surface area contributed by atoms with Gasteiger partial charge in [-0.1, -0.05) is 26.0 Å². The van der Waals surface area contributed by atoms with Crippen molar-refractivity contribution in [1.82, 2.24) is 19.4 Å². The number of fused-ring (bicyclic) bond motifs is 1. The van der Waals surface area contributed by atoms with Gasteiger partial charge in [0.1, 0.15) is 5.82 Å². The quantitative estimate of drug-likeness (QED) is 0.834. The largest absolute Gasteiger partial charge is 0.342 e. The number of amides is 2. The SMILES string of the molecule is CC(C)CN1C[C@@H](C(=O)N2CCC[C@H]2c2nc3ccccc3n2C)CC1=O. The van der Waals surface area contributed by atoms with Gasteiger partial charge in [0.25, 0.3) is 0 Å². The number of aryl methyl sites for hydroxylation is 1. The van der Waals surface area contributed by atoms with Crippen molar-refractivity contribution in [3.05, 3.63) is 30.1 Å². The van der Waals surface area contributed by atoms with Crippen molar-refractivity contribution in [3.63, 3.8) is 0 Å². The van der Waals surface area contributed by atoms with Crippen LogP contribution in [0.25, 0.3) is 11.0 Å². The molecule has 6 heteroatoms. The van der Waals surface area contributed by atoms with Crippen molar-refractivity contribution in [1.29, 1.82) is 0 Å². The number of nitrogens with zero attached hydrogens (tertiary/aromatic N) is 4.